The van der Waals surface area contributed by atoms with Crippen LogP contribution < -0.4 is 16.6 Å². The van der Waals surface area contributed by atoms with Crippen molar-refractivity contribution < 1.29 is 31.2 Å². The number of alkyl halides is 3. The third kappa shape index (κ3) is 4.12. The van der Waals surface area contributed by atoms with E-state index in [2.05, 4.69) is 0 Å². The molecule has 3 N–H and O–H groups in total. The van der Waals surface area contributed by atoms with Crippen molar-refractivity contribution in [3.8, 4) is 5.69 Å². The fourth-order valence-electron chi connectivity index (χ4n) is 3.28. The third-order valence-electron chi connectivity index (χ3n) is 4.73. The number of benzene rings is 2. The van der Waals surface area contributed by atoms with Crippen LogP contribution >= 0.6 is 11.8 Å². The van der Waals surface area contributed by atoms with E-state index in [1.807, 2.05) is 5.32 Å². The van der Waals surface area contributed by atoms with Crippen LogP contribution in [0, 0.1) is 0 Å². The molecule has 2 amide bonds. The summed E-state index contributed by atoms with van der Waals surface area (Å²) in [4.78, 5) is 35.6. The maximum Gasteiger partial charge on any atom is 0.446 e. The molecule has 0 aliphatic carbocycles. The fraction of sp³-hybridized carbons (Fsp3) is 0.0500. The smallest absolute Gasteiger partial charge is 0.384 e. The standard InChI is InChI=1S/C20H12F3N3O5S2/c21-20(22,23)32-11-3-7-13(8-4-11)33(30,31)12-5-1-10(2-6-12)26-15(27)9-14-16(17(26)24)19(29)25-18(14)28/h1-9H,24H2,(H,25,28,29). The number of fused-ring (bicyclic) bond motifs is 1. The molecule has 2 aromatic carbocycles. The molecule has 0 saturated heterocycles. The molecule has 1 aromatic heterocycles. The monoisotopic (exact) mass is 495 g/mol. The van der Waals surface area contributed by atoms with Gasteiger partial charge in [-0.15, -0.1) is 0 Å². The number of pyridine rings is 1. The maximum atomic E-state index is 12.8. The number of hydrogen-bond donors (Lipinski definition) is 2. The molecular weight excluding hydrogens is 483 g/mol. The molecule has 0 saturated carbocycles. The molecule has 4 rings (SSSR count). The Kier molecular flexibility index (Phi) is 5.33. The number of halogens is 3. The van der Waals surface area contributed by atoms with Crippen LogP contribution in [0.5, 0.6) is 0 Å². The van der Waals surface area contributed by atoms with Crippen molar-refractivity contribution in [3.63, 3.8) is 0 Å². The number of amides is 2. The number of rotatable bonds is 4. The van der Waals surface area contributed by atoms with E-state index in [-0.39, 0.29) is 49.1 Å². The summed E-state index contributed by atoms with van der Waals surface area (Å²) >= 11 is -0.362. The van der Waals surface area contributed by atoms with E-state index in [1.54, 1.807) is 0 Å². The van der Waals surface area contributed by atoms with Gasteiger partial charge < -0.3 is 5.73 Å². The van der Waals surface area contributed by atoms with Gasteiger partial charge >= 0.3 is 5.51 Å². The van der Waals surface area contributed by atoms with Crippen LogP contribution in [0.2, 0.25) is 0 Å². The summed E-state index contributed by atoms with van der Waals surface area (Å²) < 4.78 is 64.0. The molecule has 0 bridgehead atoms. The molecule has 13 heteroatoms. The fourth-order valence-corrected chi connectivity index (χ4v) is 5.08. The number of carbonyl (C=O) groups is 2. The van der Waals surface area contributed by atoms with Crippen molar-refractivity contribution >= 4 is 39.2 Å². The zero-order valence-corrected chi connectivity index (χ0v) is 17.8. The molecule has 8 nitrogen and oxygen atoms in total. The van der Waals surface area contributed by atoms with Crippen LogP contribution in [0.15, 0.2) is 74.1 Å². The molecule has 170 valence electrons. The summed E-state index contributed by atoms with van der Waals surface area (Å²) in [5.74, 6) is -1.78. The first-order valence-electron chi connectivity index (χ1n) is 9.01. The van der Waals surface area contributed by atoms with Gasteiger partial charge in [0.05, 0.1) is 26.6 Å². The van der Waals surface area contributed by atoms with Gasteiger partial charge in [0.1, 0.15) is 5.82 Å². The predicted octanol–water partition coefficient (Wildman–Crippen LogP) is 2.75. The van der Waals surface area contributed by atoms with E-state index in [0.29, 0.717) is 0 Å². The van der Waals surface area contributed by atoms with Crippen molar-refractivity contribution in [2.45, 2.75) is 20.2 Å². The Bertz CT molecular complexity index is 1460. The molecule has 0 fully saturated rings. The first-order chi connectivity index (χ1) is 15.4. The van der Waals surface area contributed by atoms with Crippen LogP contribution in [0.4, 0.5) is 19.0 Å². The van der Waals surface area contributed by atoms with Crippen molar-refractivity contribution in [1.82, 2.24) is 9.88 Å². The van der Waals surface area contributed by atoms with E-state index in [4.69, 9.17) is 5.73 Å². The number of hydrogen-bond acceptors (Lipinski definition) is 7. The van der Waals surface area contributed by atoms with Crippen molar-refractivity contribution in [3.05, 3.63) is 76.1 Å². The summed E-state index contributed by atoms with van der Waals surface area (Å²) in [5, 5.41) is 2.04. The number of aromatic nitrogens is 1. The SMILES string of the molecule is Nc1c2c(cc(=O)n1-c1ccc(S(=O)(=O)c3ccc(SC(F)(F)F)cc3)cc1)C(=O)NC2=O. The second-order valence-electron chi connectivity index (χ2n) is 6.79. The largest absolute Gasteiger partial charge is 0.446 e. The van der Waals surface area contributed by atoms with Gasteiger partial charge in [0, 0.05) is 11.0 Å². The molecule has 2 heterocycles. The van der Waals surface area contributed by atoms with E-state index >= 15 is 0 Å². The van der Waals surface area contributed by atoms with Gasteiger partial charge in [0.2, 0.25) is 9.84 Å². The van der Waals surface area contributed by atoms with Crippen LogP contribution in [-0.2, 0) is 9.84 Å². The van der Waals surface area contributed by atoms with Crippen molar-refractivity contribution in [2.75, 3.05) is 5.73 Å². The molecule has 0 radical (unpaired) electrons. The lowest BCUT2D eigenvalue weighted by Gasteiger charge is -2.13. The highest BCUT2D eigenvalue weighted by Gasteiger charge is 2.32. The third-order valence-corrected chi connectivity index (χ3v) is 7.25. The minimum atomic E-state index is -4.50. The average molecular weight is 495 g/mol. The Balaban J connectivity index is 1.68. The van der Waals surface area contributed by atoms with Gasteiger partial charge in [0.25, 0.3) is 17.4 Å². The number of imide groups is 1. The minimum absolute atomic E-state index is 0.142. The summed E-state index contributed by atoms with van der Waals surface area (Å²) in [6, 6.07) is 10.1. The molecule has 3 aromatic rings. The van der Waals surface area contributed by atoms with Crippen LogP contribution in [0.25, 0.3) is 5.69 Å². The number of nitrogens with two attached hydrogens (primary N) is 1. The van der Waals surface area contributed by atoms with Gasteiger partial charge in [0.15, 0.2) is 0 Å². The van der Waals surface area contributed by atoms with Crippen molar-refractivity contribution in [2.24, 2.45) is 0 Å². The molecule has 33 heavy (non-hydrogen) atoms. The predicted molar refractivity (Wildman–Crippen MR) is 112 cm³/mol. The van der Waals surface area contributed by atoms with Crippen LogP contribution in [-0.4, -0.2) is 30.3 Å². The minimum Gasteiger partial charge on any atom is -0.384 e. The number of sulfone groups is 1. The number of nitrogen functional groups attached to an aromatic ring is 1. The highest BCUT2D eigenvalue weighted by Crippen LogP contribution is 2.37. The summed E-state index contributed by atoms with van der Waals surface area (Å²) in [6.07, 6.45) is 0. The summed E-state index contributed by atoms with van der Waals surface area (Å²) in [7, 11) is -4.06. The average Bonchev–Trinajstić information content (AvgIpc) is 3.01. The number of nitrogens with zero attached hydrogens (tertiary/aromatic N) is 1. The Morgan fingerprint density at radius 1 is 0.879 bits per heavy atom. The zero-order chi connectivity index (χ0) is 24.1. The lowest BCUT2D eigenvalue weighted by Crippen LogP contribution is -2.24. The van der Waals surface area contributed by atoms with E-state index in [9.17, 15) is 36.0 Å². The van der Waals surface area contributed by atoms with Crippen LogP contribution in [0.1, 0.15) is 20.7 Å². The highest BCUT2D eigenvalue weighted by molar-refractivity contribution is 8.00. The first-order valence-corrected chi connectivity index (χ1v) is 11.3. The number of thioether (sulfide) groups is 1. The lowest BCUT2D eigenvalue weighted by molar-refractivity contribution is -0.0328. The van der Waals surface area contributed by atoms with Crippen molar-refractivity contribution in [1.29, 1.82) is 0 Å². The maximum absolute atomic E-state index is 12.8. The molecule has 1 aliphatic rings. The number of nitrogens with one attached hydrogen (secondary N) is 1. The Hall–Kier alpha value is -3.58. The second-order valence-corrected chi connectivity index (χ2v) is 9.88. The van der Waals surface area contributed by atoms with E-state index < -0.39 is 32.7 Å². The first kappa shape index (κ1) is 22.6. The topological polar surface area (TPSA) is 128 Å². The van der Waals surface area contributed by atoms with Gasteiger partial charge in [-0.3, -0.25) is 24.3 Å². The van der Waals surface area contributed by atoms with Gasteiger partial charge in [-0.2, -0.15) is 13.2 Å². The lowest BCUT2D eigenvalue weighted by atomic mass is 10.1. The summed E-state index contributed by atoms with van der Waals surface area (Å²) in [5.41, 5.74) is 0.575. The van der Waals surface area contributed by atoms with Gasteiger partial charge in [-0.05, 0) is 60.3 Å². The molecule has 0 atom stereocenters. The number of carbonyl (C=O) groups excluding carboxylic acids is 2. The molecule has 1 aliphatic heterocycles. The Labute approximate surface area is 188 Å². The highest BCUT2D eigenvalue weighted by atomic mass is 32.2. The molecule has 0 unspecified atom stereocenters. The van der Waals surface area contributed by atoms with E-state index in [1.165, 1.54) is 24.3 Å². The second kappa shape index (κ2) is 7.78. The van der Waals surface area contributed by atoms with Gasteiger partial charge in [-0.1, -0.05) is 0 Å². The zero-order valence-electron chi connectivity index (χ0n) is 16.2. The quantitative estimate of drug-likeness (QED) is 0.421. The van der Waals surface area contributed by atoms with Crippen LogP contribution in [0.3, 0.4) is 0 Å². The normalized spacial score (nSPS) is 13.7. The Morgan fingerprint density at radius 3 is 1.97 bits per heavy atom. The Morgan fingerprint density at radius 2 is 1.42 bits per heavy atom. The van der Waals surface area contributed by atoms with E-state index in [0.717, 1.165) is 34.9 Å². The number of anilines is 1. The van der Waals surface area contributed by atoms with Gasteiger partial charge in [-0.25, -0.2) is 8.42 Å². The molecule has 0 spiro atoms. The molecular formula is C20H12F3N3O5S2. The summed E-state index contributed by atoms with van der Waals surface area (Å²) in [6.45, 7) is 0.